The Bertz CT molecular complexity index is 468. The Kier molecular flexibility index (Phi) is 6.41. The molecule has 0 radical (unpaired) electrons. The highest BCUT2D eigenvalue weighted by Crippen LogP contribution is 2.32. The second kappa shape index (κ2) is 8.07. The first kappa shape index (κ1) is 15.9. The van der Waals surface area contributed by atoms with Gasteiger partial charge >= 0.3 is 0 Å². The van der Waals surface area contributed by atoms with Crippen LogP contribution in [0.2, 0.25) is 10.0 Å². The average molecular weight is 312 g/mol. The van der Waals surface area contributed by atoms with Crippen molar-refractivity contribution in [2.45, 2.75) is 51.5 Å². The van der Waals surface area contributed by atoms with Gasteiger partial charge in [0.15, 0.2) is 0 Å². The predicted molar refractivity (Wildman–Crippen MR) is 88.7 cm³/mol. The third kappa shape index (κ3) is 4.51. The highest BCUT2D eigenvalue weighted by Gasteiger charge is 2.17. The standard InChI is InChI=1S/C17H23Cl2N/c1-2-10-20-17(11-13-6-4-3-5-7-13)15-12-14(18)8-9-16(15)19/h6,8-9,12,17,20H,2-5,7,10-11H2,1H3. The quantitative estimate of drug-likeness (QED) is 0.642. The third-order valence-corrected chi connectivity index (χ3v) is 4.40. The first-order chi connectivity index (χ1) is 9.70. The number of hydrogen-bond acceptors (Lipinski definition) is 1. The molecule has 1 N–H and O–H groups in total. The lowest BCUT2D eigenvalue weighted by atomic mass is 9.91. The summed E-state index contributed by atoms with van der Waals surface area (Å²) in [5.41, 5.74) is 2.68. The summed E-state index contributed by atoms with van der Waals surface area (Å²) in [6, 6.07) is 6.02. The van der Waals surface area contributed by atoms with Crippen molar-refractivity contribution in [2.75, 3.05) is 6.54 Å². The molecule has 0 fully saturated rings. The van der Waals surface area contributed by atoms with Crippen molar-refractivity contribution in [3.8, 4) is 0 Å². The summed E-state index contributed by atoms with van der Waals surface area (Å²) in [5.74, 6) is 0. The first-order valence-electron chi connectivity index (χ1n) is 7.57. The van der Waals surface area contributed by atoms with Gasteiger partial charge in [-0.3, -0.25) is 0 Å². The van der Waals surface area contributed by atoms with Gasteiger partial charge in [-0.05, 0) is 68.8 Å². The van der Waals surface area contributed by atoms with Gasteiger partial charge in [0.1, 0.15) is 0 Å². The van der Waals surface area contributed by atoms with Crippen molar-refractivity contribution in [2.24, 2.45) is 0 Å². The number of allylic oxidation sites excluding steroid dienone is 1. The van der Waals surface area contributed by atoms with E-state index in [-0.39, 0.29) is 6.04 Å². The molecule has 1 unspecified atom stereocenters. The molecule has 0 aliphatic heterocycles. The molecule has 20 heavy (non-hydrogen) atoms. The van der Waals surface area contributed by atoms with Gasteiger partial charge in [-0.15, -0.1) is 0 Å². The van der Waals surface area contributed by atoms with E-state index in [2.05, 4.69) is 18.3 Å². The molecule has 3 heteroatoms. The van der Waals surface area contributed by atoms with E-state index < -0.39 is 0 Å². The average Bonchev–Trinajstić information content (AvgIpc) is 2.47. The van der Waals surface area contributed by atoms with Gasteiger partial charge in [-0.2, -0.15) is 0 Å². The molecule has 2 rings (SSSR count). The normalized spacial score (nSPS) is 16.9. The van der Waals surface area contributed by atoms with Crippen LogP contribution in [0.25, 0.3) is 0 Å². The second-order valence-electron chi connectivity index (χ2n) is 5.48. The summed E-state index contributed by atoms with van der Waals surface area (Å²) in [6.07, 6.45) is 9.65. The predicted octanol–water partition coefficient (Wildman–Crippen LogP) is 5.92. The van der Waals surface area contributed by atoms with Gasteiger partial charge in [0, 0.05) is 16.1 Å². The van der Waals surface area contributed by atoms with Crippen LogP contribution in [0.15, 0.2) is 29.8 Å². The fourth-order valence-corrected chi connectivity index (χ4v) is 3.17. The molecule has 1 aliphatic rings. The van der Waals surface area contributed by atoms with E-state index >= 15 is 0 Å². The summed E-state index contributed by atoms with van der Waals surface area (Å²) < 4.78 is 0. The Morgan fingerprint density at radius 1 is 1.25 bits per heavy atom. The van der Waals surface area contributed by atoms with E-state index in [0.717, 1.165) is 35.0 Å². The number of nitrogens with one attached hydrogen (secondary N) is 1. The lowest BCUT2D eigenvalue weighted by molar-refractivity contribution is 0.512. The molecule has 0 saturated carbocycles. The summed E-state index contributed by atoms with van der Waals surface area (Å²) in [7, 11) is 0. The van der Waals surface area contributed by atoms with Crippen LogP contribution in [-0.2, 0) is 0 Å². The summed E-state index contributed by atoms with van der Waals surface area (Å²) >= 11 is 12.5. The molecule has 0 saturated heterocycles. The minimum atomic E-state index is 0.269. The minimum Gasteiger partial charge on any atom is -0.310 e. The van der Waals surface area contributed by atoms with E-state index in [1.165, 1.54) is 25.7 Å². The van der Waals surface area contributed by atoms with Gasteiger partial charge in [-0.25, -0.2) is 0 Å². The topological polar surface area (TPSA) is 12.0 Å². The largest absolute Gasteiger partial charge is 0.310 e. The van der Waals surface area contributed by atoms with E-state index in [9.17, 15) is 0 Å². The lowest BCUT2D eigenvalue weighted by Crippen LogP contribution is -2.23. The number of halogens is 2. The van der Waals surface area contributed by atoms with E-state index in [4.69, 9.17) is 23.2 Å². The Morgan fingerprint density at radius 3 is 2.80 bits per heavy atom. The maximum atomic E-state index is 6.37. The molecule has 110 valence electrons. The molecule has 1 aromatic rings. The van der Waals surface area contributed by atoms with Crippen molar-refractivity contribution in [3.63, 3.8) is 0 Å². The van der Waals surface area contributed by atoms with Crippen LogP contribution in [-0.4, -0.2) is 6.54 Å². The summed E-state index contributed by atoms with van der Waals surface area (Å²) in [6.45, 7) is 3.18. The molecule has 0 heterocycles. The molecule has 1 aromatic carbocycles. The molecule has 0 bridgehead atoms. The molecule has 1 atom stereocenters. The van der Waals surface area contributed by atoms with Crippen LogP contribution in [0, 0.1) is 0 Å². The molecule has 0 amide bonds. The maximum Gasteiger partial charge on any atom is 0.0454 e. The molecule has 0 aromatic heterocycles. The Hall–Kier alpha value is -0.500. The second-order valence-corrected chi connectivity index (χ2v) is 6.33. The number of rotatable bonds is 6. The molecular formula is C17H23Cl2N. The Balaban J connectivity index is 2.17. The van der Waals surface area contributed by atoms with Crippen molar-refractivity contribution in [3.05, 3.63) is 45.5 Å². The fraction of sp³-hybridized carbons (Fsp3) is 0.529. The van der Waals surface area contributed by atoms with Gasteiger partial charge in [-0.1, -0.05) is 41.8 Å². The van der Waals surface area contributed by atoms with Gasteiger partial charge in [0.05, 0.1) is 0 Å². The van der Waals surface area contributed by atoms with Crippen molar-refractivity contribution < 1.29 is 0 Å². The van der Waals surface area contributed by atoms with Crippen LogP contribution in [0.3, 0.4) is 0 Å². The highest BCUT2D eigenvalue weighted by atomic mass is 35.5. The maximum absolute atomic E-state index is 6.37. The number of benzene rings is 1. The van der Waals surface area contributed by atoms with Crippen LogP contribution in [0.1, 0.15) is 57.1 Å². The van der Waals surface area contributed by atoms with Crippen LogP contribution in [0.5, 0.6) is 0 Å². The fourth-order valence-electron chi connectivity index (χ4n) is 2.74. The molecule has 0 spiro atoms. The van der Waals surface area contributed by atoms with E-state index in [1.807, 2.05) is 18.2 Å². The first-order valence-corrected chi connectivity index (χ1v) is 8.32. The van der Waals surface area contributed by atoms with Crippen LogP contribution >= 0.6 is 23.2 Å². The monoisotopic (exact) mass is 311 g/mol. The Labute approximate surface area is 132 Å². The third-order valence-electron chi connectivity index (χ3n) is 3.83. The van der Waals surface area contributed by atoms with Crippen molar-refractivity contribution in [1.82, 2.24) is 5.32 Å². The molecule has 1 nitrogen and oxygen atoms in total. The summed E-state index contributed by atoms with van der Waals surface area (Å²) in [5, 5.41) is 5.18. The van der Waals surface area contributed by atoms with E-state index in [0.29, 0.717) is 0 Å². The van der Waals surface area contributed by atoms with Crippen molar-refractivity contribution >= 4 is 23.2 Å². The van der Waals surface area contributed by atoms with Crippen LogP contribution < -0.4 is 5.32 Å². The molecule has 1 aliphatic carbocycles. The SMILES string of the molecule is CCCNC(CC1=CCCCC1)c1cc(Cl)ccc1Cl. The summed E-state index contributed by atoms with van der Waals surface area (Å²) in [4.78, 5) is 0. The zero-order valence-corrected chi connectivity index (χ0v) is 13.6. The highest BCUT2D eigenvalue weighted by molar-refractivity contribution is 6.33. The smallest absolute Gasteiger partial charge is 0.0454 e. The minimum absolute atomic E-state index is 0.269. The zero-order valence-electron chi connectivity index (χ0n) is 12.1. The Morgan fingerprint density at radius 2 is 2.10 bits per heavy atom. The zero-order chi connectivity index (χ0) is 14.4. The van der Waals surface area contributed by atoms with Crippen LogP contribution in [0.4, 0.5) is 0 Å². The van der Waals surface area contributed by atoms with E-state index in [1.54, 1.807) is 5.57 Å². The van der Waals surface area contributed by atoms with Gasteiger partial charge in [0.2, 0.25) is 0 Å². The lowest BCUT2D eigenvalue weighted by Gasteiger charge is -2.23. The van der Waals surface area contributed by atoms with Gasteiger partial charge in [0.25, 0.3) is 0 Å². The number of hydrogen-bond donors (Lipinski definition) is 1. The molecular weight excluding hydrogens is 289 g/mol. The van der Waals surface area contributed by atoms with Gasteiger partial charge < -0.3 is 5.32 Å². The van der Waals surface area contributed by atoms with Crippen molar-refractivity contribution in [1.29, 1.82) is 0 Å².